The fraction of sp³-hybridized carbons (Fsp3) is 0.750. The van der Waals surface area contributed by atoms with Gasteiger partial charge in [0.05, 0.1) is 6.42 Å². The van der Waals surface area contributed by atoms with Crippen LogP contribution in [0.2, 0.25) is 0 Å². The Labute approximate surface area is 112 Å². The molecule has 0 aromatic carbocycles. The van der Waals surface area contributed by atoms with Crippen molar-refractivity contribution in [2.24, 2.45) is 0 Å². The van der Waals surface area contributed by atoms with Gasteiger partial charge in [-0.05, 0) is 20.4 Å². The molecule has 1 aromatic heterocycles. The van der Waals surface area contributed by atoms with E-state index < -0.39 is 0 Å². The topological polar surface area (TPSA) is 85.1 Å². The SMILES string of the molecule is CCN1CCN(C(=O)Cc2n[nH]c(=O)[nH]2)CC1(C)C. The Morgan fingerprint density at radius 2 is 2.16 bits per heavy atom. The number of rotatable bonds is 3. The average molecular weight is 267 g/mol. The van der Waals surface area contributed by atoms with Crippen LogP contribution >= 0.6 is 0 Å². The summed E-state index contributed by atoms with van der Waals surface area (Å²) in [5.41, 5.74) is -0.388. The molecule has 0 radical (unpaired) electrons. The molecule has 7 nitrogen and oxygen atoms in total. The zero-order valence-corrected chi connectivity index (χ0v) is 11.7. The molecule has 0 saturated carbocycles. The summed E-state index contributed by atoms with van der Waals surface area (Å²) in [4.78, 5) is 29.8. The van der Waals surface area contributed by atoms with Crippen molar-refractivity contribution in [3.05, 3.63) is 16.3 Å². The van der Waals surface area contributed by atoms with Crippen molar-refractivity contribution >= 4 is 5.91 Å². The van der Waals surface area contributed by atoms with Crippen molar-refractivity contribution in [1.29, 1.82) is 0 Å². The fourth-order valence-corrected chi connectivity index (χ4v) is 2.63. The molecular weight excluding hydrogens is 246 g/mol. The average Bonchev–Trinajstić information content (AvgIpc) is 2.73. The Morgan fingerprint density at radius 1 is 1.42 bits per heavy atom. The van der Waals surface area contributed by atoms with Gasteiger partial charge < -0.3 is 4.90 Å². The highest BCUT2D eigenvalue weighted by Gasteiger charge is 2.34. The quantitative estimate of drug-likeness (QED) is 0.779. The number of nitrogens with one attached hydrogen (secondary N) is 2. The Hall–Kier alpha value is -1.63. The van der Waals surface area contributed by atoms with Crippen LogP contribution in [0.3, 0.4) is 0 Å². The summed E-state index contributed by atoms with van der Waals surface area (Å²) in [7, 11) is 0. The van der Waals surface area contributed by atoms with Gasteiger partial charge in [0.1, 0.15) is 5.82 Å². The summed E-state index contributed by atoms with van der Waals surface area (Å²) in [5, 5.41) is 6.04. The summed E-state index contributed by atoms with van der Waals surface area (Å²) in [6, 6.07) is 0. The van der Waals surface area contributed by atoms with Gasteiger partial charge in [0.25, 0.3) is 0 Å². The van der Waals surface area contributed by atoms with Crippen LogP contribution in [0.5, 0.6) is 0 Å². The predicted octanol–water partition coefficient (Wildman–Crippen LogP) is -0.417. The first kappa shape index (κ1) is 13.8. The third-order valence-electron chi connectivity index (χ3n) is 3.68. The van der Waals surface area contributed by atoms with Crippen LogP contribution in [0.1, 0.15) is 26.6 Å². The fourth-order valence-electron chi connectivity index (χ4n) is 2.63. The second-order valence-electron chi connectivity index (χ2n) is 5.51. The Morgan fingerprint density at radius 3 is 2.68 bits per heavy atom. The van der Waals surface area contributed by atoms with E-state index in [1.54, 1.807) is 0 Å². The number of nitrogens with zero attached hydrogens (tertiary/aromatic N) is 3. The monoisotopic (exact) mass is 267 g/mol. The summed E-state index contributed by atoms with van der Waals surface area (Å²) < 4.78 is 0. The summed E-state index contributed by atoms with van der Waals surface area (Å²) in [6.45, 7) is 9.72. The zero-order chi connectivity index (χ0) is 14.0. The van der Waals surface area contributed by atoms with Crippen molar-refractivity contribution in [2.75, 3.05) is 26.2 Å². The predicted molar refractivity (Wildman–Crippen MR) is 70.8 cm³/mol. The summed E-state index contributed by atoms with van der Waals surface area (Å²) >= 11 is 0. The first-order valence-electron chi connectivity index (χ1n) is 6.59. The van der Waals surface area contributed by atoms with Crippen LogP contribution in [0, 0.1) is 0 Å². The van der Waals surface area contributed by atoms with Crippen LogP contribution in [-0.4, -0.2) is 62.6 Å². The Kier molecular flexibility index (Phi) is 3.75. The van der Waals surface area contributed by atoms with Crippen molar-refractivity contribution < 1.29 is 4.79 Å². The first-order valence-corrected chi connectivity index (χ1v) is 6.59. The standard InChI is InChI=1S/C12H21N5O2/c1-4-17-6-5-16(8-12(17,2)3)10(18)7-9-13-11(19)15-14-9/h4-8H2,1-3H3,(H2,13,14,15,19). The van der Waals surface area contributed by atoms with Crippen LogP contribution in [0.25, 0.3) is 0 Å². The van der Waals surface area contributed by atoms with E-state index in [2.05, 4.69) is 40.9 Å². The molecule has 1 saturated heterocycles. The second-order valence-corrected chi connectivity index (χ2v) is 5.51. The minimum atomic E-state index is -0.376. The maximum absolute atomic E-state index is 12.2. The second kappa shape index (κ2) is 5.16. The summed E-state index contributed by atoms with van der Waals surface area (Å²) in [6.07, 6.45) is 0.140. The van der Waals surface area contributed by atoms with E-state index in [0.29, 0.717) is 12.4 Å². The lowest BCUT2D eigenvalue weighted by atomic mass is 9.98. The van der Waals surface area contributed by atoms with Crippen LogP contribution in [0.15, 0.2) is 4.79 Å². The lowest BCUT2D eigenvalue weighted by Gasteiger charge is -2.46. The van der Waals surface area contributed by atoms with E-state index in [1.165, 1.54) is 0 Å². The maximum atomic E-state index is 12.2. The van der Waals surface area contributed by atoms with Gasteiger partial charge in [-0.2, -0.15) is 5.10 Å². The van der Waals surface area contributed by atoms with Crippen molar-refractivity contribution in [2.45, 2.75) is 32.7 Å². The van der Waals surface area contributed by atoms with E-state index in [-0.39, 0.29) is 23.6 Å². The van der Waals surface area contributed by atoms with Gasteiger partial charge in [-0.3, -0.25) is 14.7 Å². The number of hydrogen-bond donors (Lipinski definition) is 2. The van der Waals surface area contributed by atoms with Gasteiger partial charge in [0, 0.05) is 25.2 Å². The molecule has 0 unspecified atom stereocenters. The molecule has 0 bridgehead atoms. The number of carbonyl (C=O) groups excluding carboxylic acids is 1. The molecule has 1 aliphatic heterocycles. The third kappa shape index (κ3) is 3.04. The molecule has 106 valence electrons. The molecule has 0 spiro atoms. The molecule has 0 atom stereocenters. The van der Waals surface area contributed by atoms with Crippen LogP contribution in [0.4, 0.5) is 0 Å². The zero-order valence-electron chi connectivity index (χ0n) is 11.7. The van der Waals surface area contributed by atoms with Gasteiger partial charge in [-0.15, -0.1) is 0 Å². The Balaban J connectivity index is 1.99. The number of H-pyrrole nitrogens is 2. The number of amides is 1. The van der Waals surface area contributed by atoms with E-state index in [0.717, 1.165) is 19.6 Å². The number of aromatic amines is 2. The molecule has 1 amide bonds. The van der Waals surface area contributed by atoms with E-state index in [9.17, 15) is 9.59 Å². The van der Waals surface area contributed by atoms with Crippen molar-refractivity contribution in [3.8, 4) is 0 Å². The van der Waals surface area contributed by atoms with Gasteiger partial charge in [-0.25, -0.2) is 9.89 Å². The van der Waals surface area contributed by atoms with Crippen molar-refractivity contribution in [1.82, 2.24) is 25.0 Å². The number of piperazine rings is 1. The van der Waals surface area contributed by atoms with Crippen LogP contribution in [-0.2, 0) is 11.2 Å². The maximum Gasteiger partial charge on any atom is 0.340 e. The smallest absolute Gasteiger partial charge is 0.339 e. The number of hydrogen-bond acceptors (Lipinski definition) is 4. The molecule has 0 aliphatic carbocycles. The molecule has 19 heavy (non-hydrogen) atoms. The number of carbonyl (C=O) groups is 1. The van der Waals surface area contributed by atoms with E-state index >= 15 is 0 Å². The lowest BCUT2D eigenvalue weighted by molar-refractivity contribution is -0.135. The van der Waals surface area contributed by atoms with Gasteiger partial charge >= 0.3 is 5.69 Å². The number of aromatic nitrogens is 3. The first-order chi connectivity index (χ1) is 8.92. The minimum Gasteiger partial charge on any atom is -0.339 e. The molecular formula is C12H21N5O2. The largest absolute Gasteiger partial charge is 0.340 e. The molecule has 1 fully saturated rings. The lowest BCUT2D eigenvalue weighted by Crippen LogP contribution is -2.60. The third-order valence-corrected chi connectivity index (χ3v) is 3.68. The normalized spacial score (nSPS) is 19.6. The highest BCUT2D eigenvalue weighted by atomic mass is 16.2. The molecule has 7 heteroatoms. The van der Waals surface area contributed by atoms with Gasteiger partial charge in [0.2, 0.25) is 5.91 Å². The van der Waals surface area contributed by atoms with Gasteiger partial charge in [0.15, 0.2) is 0 Å². The molecule has 1 aromatic rings. The van der Waals surface area contributed by atoms with Crippen molar-refractivity contribution in [3.63, 3.8) is 0 Å². The highest BCUT2D eigenvalue weighted by Crippen LogP contribution is 2.20. The van der Waals surface area contributed by atoms with E-state index in [4.69, 9.17) is 0 Å². The minimum absolute atomic E-state index is 0.00609. The number of likely N-dealkylation sites (N-methyl/N-ethyl adjacent to an activating group) is 1. The van der Waals surface area contributed by atoms with E-state index in [1.807, 2.05) is 4.90 Å². The summed E-state index contributed by atoms with van der Waals surface area (Å²) in [5.74, 6) is 0.400. The van der Waals surface area contributed by atoms with Gasteiger partial charge in [-0.1, -0.05) is 6.92 Å². The van der Waals surface area contributed by atoms with Crippen LogP contribution < -0.4 is 5.69 Å². The highest BCUT2D eigenvalue weighted by molar-refractivity contribution is 5.78. The Bertz CT molecular complexity index is 504. The molecule has 2 N–H and O–H groups in total. The molecule has 2 heterocycles. The molecule has 2 rings (SSSR count). The molecule has 1 aliphatic rings.